The SMILES string of the molecule is Cc1cc(C)c(SC(Cl)=NC(C)C)c(C)c1. The van der Waals surface area contributed by atoms with Crippen LogP contribution in [0.4, 0.5) is 0 Å². The Morgan fingerprint density at radius 3 is 2.12 bits per heavy atom. The summed E-state index contributed by atoms with van der Waals surface area (Å²) in [5, 5.41) is 0. The van der Waals surface area contributed by atoms with Crippen molar-refractivity contribution in [2.75, 3.05) is 0 Å². The monoisotopic (exact) mass is 255 g/mol. The molecule has 0 radical (unpaired) electrons. The van der Waals surface area contributed by atoms with Crippen molar-refractivity contribution in [1.82, 2.24) is 0 Å². The molecule has 0 amide bonds. The van der Waals surface area contributed by atoms with E-state index in [4.69, 9.17) is 11.6 Å². The first-order chi connectivity index (χ1) is 7.40. The van der Waals surface area contributed by atoms with Crippen LogP contribution in [0.5, 0.6) is 0 Å². The summed E-state index contributed by atoms with van der Waals surface area (Å²) in [6.45, 7) is 10.4. The molecule has 0 heterocycles. The standard InChI is InChI=1S/C13H18ClNS/c1-8(2)15-13(14)16-12-10(4)6-9(3)7-11(12)5/h6-8H,1-5H3. The molecule has 3 heteroatoms. The van der Waals surface area contributed by atoms with E-state index in [0.717, 1.165) is 0 Å². The van der Waals surface area contributed by atoms with Gasteiger partial charge in [0.25, 0.3) is 0 Å². The molecular weight excluding hydrogens is 238 g/mol. The highest BCUT2D eigenvalue weighted by atomic mass is 35.5. The van der Waals surface area contributed by atoms with Crippen LogP contribution in [0.15, 0.2) is 22.0 Å². The zero-order valence-corrected chi connectivity index (χ0v) is 12.0. The van der Waals surface area contributed by atoms with Gasteiger partial charge in [-0.25, -0.2) is 0 Å². The first-order valence-electron chi connectivity index (χ1n) is 5.39. The molecule has 0 aliphatic heterocycles. The van der Waals surface area contributed by atoms with E-state index >= 15 is 0 Å². The van der Waals surface area contributed by atoms with E-state index in [9.17, 15) is 0 Å². The highest BCUT2D eigenvalue weighted by Gasteiger charge is 2.07. The molecule has 0 unspecified atom stereocenters. The van der Waals surface area contributed by atoms with E-state index in [2.05, 4.69) is 37.9 Å². The third-order valence-electron chi connectivity index (χ3n) is 2.15. The van der Waals surface area contributed by atoms with Crippen LogP contribution in [-0.2, 0) is 0 Å². The van der Waals surface area contributed by atoms with E-state index in [-0.39, 0.29) is 6.04 Å². The van der Waals surface area contributed by atoms with E-state index in [1.807, 2.05) is 13.8 Å². The van der Waals surface area contributed by atoms with Gasteiger partial charge >= 0.3 is 0 Å². The third kappa shape index (κ3) is 3.84. The lowest BCUT2D eigenvalue weighted by Gasteiger charge is -2.10. The highest BCUT2D eigenvalue weighted by Crippen LogP contribution is 2.30. The molecule has 1 aromatic carbocycles. The van der Waals surface area contributed by atoms with Crippen molar-refractivity contribution in [3.05, 3.63) is 28.8 Å². The van der Waals surface area contributed by atoms with E-state index in [0.29, 0.717) is 4.50 Å². The van der Waals surface area contributed by atoms with Crippen LogP contribution in [0.1, 0.15) is 30.5 Å². The van der Waals surface area contributed by atoms with Crippen LogP contribution in [0, 0.1) is 20.8 Å². The van der Waals surface area contributed by atoms with Gasteiger partial charge in [0.1, 0.15) is 0 Å². The first kappa shape index (κ1) is 13.6. The average molecular weight is 256 g/mol. The second-order valence-electron chi connectivity index (χ2n) is 4.31. The molecule has 0 saturated heterocycles. The lowest BCUT2D eigenvalue weighted by molar-refractivity contribution is 0.842. The van der Waals surface area contributed by atoms with Crippen molar-refractivity contribution >= 4 is 27.9 Å². The number of nitrogens with zero attached hydrogens (tertiary/aromatic N) is 1. The lowest BCUT2D eigenvalue weighted by atomic mass is 10.1. The minimum absolute atomic E-state index is 0.242. The van der Waals surface area contributed by atoms with Crippen LogP contribution in [-0.4, -0.2) is 10.5 Å². The molecule has 0 spiro atoms. The van der Waals surface area contributed by atoms with Gasteiger partial charge in [0, 0.05) is 10.9 Å². The fourth-order valence-electron chi connectivity index (χ4n) is 1.64. The molecule has 0 atom stereocenters. The van der Waals surface area contributed by atoms with Crippen molar-refractivity contribution in [3.63, 3.8) is 0 Å². The summed E-state index contributed by atoms with van der Waals surface area (Å²) in [4.78, 5) is 5.54. The van der Waals surface area contributed by atoms with Gasteiger partial charge in [-0.15, -0.1) is 0 Å². The molecule has 0 fully saturated rings. The predicted octanol–water partition coefficient (Wildman–Crippen LogP) is 4.71. The molecule has 16 heavy (non-hydrogen) atoms. The normalized spacial score (nSPS) is 12.3. The van der Waals surface area contributed by atoms with Crippen molar-refractivity contribution in [2.45, 2.75) is 45.6 Å². The Bertz CT molecular complexity index is 387. The maximum Gasteiger partial charge on any atom is 0.163 e. The molecule has 1 nitrogen and oxygen atoms in total. The van der Waals surface area contributed by atoms with Gasteiger partial charge in [-0.3, -0.25) is 4.99 Å². The summed E-state index contributed by atoms with van der Waals surface area (Å²) < 4.78 is 0.616. The summed E-state index contributed by atoms with van der Waals surface area (Å²) in [5.41, 5.74) is 3.82. The second-order valence-corrected chi connectivity index (χ2v) is 5.89. The Balaban J connectivity index is 2.98. The van der Waals surface area contributed by atoms with Gasteiger partial charge in [0.2, 0.25) is 0 Å². The number of halogens is 1. The predicted molar refractivity (Wildman–Crippen MR) is 74.9 cm³/mol. The van der Waals surface area contributed by atoms with Crippen molar-refractivity contribution < 1.29 is 0 Å². The second kappa shape index (κ2) is 5.74. The van der Waals surface area contributed by atoms with Crippen LogP contribution >= 0.6 is 23.4 Å². The average Bonchev–Trinajstić information content (AvgIpc) is 2.09. The summed E-state index contributed by atoms with van der Waals surface area (Å²) in [6.07, 6.45) is 0. The molecule has 1 aromatic rings. The molecule has 0 aliphatic rings. The molecule has 88 valence electrons. The number of rotatable bonds is 2. The van der Waals surface area contributed by atoms with Gasteiger partial charge in [-0.1, -0.05) is 41.1 Å². The van der Waals surface area contributed by atoms with Gasteiger partial charge in [0.05, 0.1) is 0 Å². The molecular formula is C13H18ClNS. The van der Waals surface area contributed by atoms with Gasteiger partial charge in [0.15, 0.2) is 4.50 Å². The molecule has 0 aromatic heterocycles. The topological polar surface area (TPSA) is 12.4 Å². The summed E-state index contributed by atoms with van der Waals surface area (Å²) in [6, 6.07) is 4.59. The first-order valence-corrected chi connectivity index (χ1v) is 6.58. The van der Waals surface area contributed by atoms with Crippen molar-refractivity contribution in [2.24, 2.45) is 4.99 Å². The molecule has 1 rings (SSSR count). The third-order valence-corrected chi connectivity index (χ3v) is 3.60. The fraction of sp³-hybridized carbons (Fsp3) is 0.462. The highest BCUT2D eigenvalue weighted by molar-refractivity contribution is 8.16. The van der Waals surface area contributed by atoms with Crippen LogP contribution in [0.2, 0.25) is 0 Å². The largest absolute Gasteiger partial charge is 0.264 e. The number of thioether (sulfide) groups is 1. The maximum atomic E-state index is 6.11. The maximum absolute atomic E-state index is 6.11. The molecule has 0 N–H and O–H groups in total. The summed E-state index contributed by atoms with van der Waals surface area (Å²) in [7, 11) is 0. The quantitative estimate of drug-likeness (QED) is 0.424. The Morgan fingerprint density at radius 1 is 1.19 bits per heavy atom. The van der Waals surface area contributed by atoms with E-state index in [1.165, 1.54) is 21.6 Å². The molecule has 0 saturated carbocycles. The van der Waals surface area contributed by atoms with Crippen LogP contribution < -0.4 is 0 Å². The van der Waals surface area contributed by atoms with E-state index in [1.54, 1.807) is 11.8 Å². The van der Waals surface area contributed by atoms with Gasteiger partial charge in [-0.2, -0.15) is 0 Å². The van der Waals surface area contributed by atoms with Crippen LogP contribution in [0.3, 0.4) is 0 Å². The van der Waals surface area contributed by atoms with Gasteiger partial charge in [-0.05, 0) is 45.7 Å². The number of aliphatic imine (C=N–C) groups is 1. The Labute approximate surface area is 107 Å². The number of hydrogen-bond donors (Lipinski definition) is 0. The lowest BCUT2D eigenvalue weighted by Crippen LogP contribution is -1.94. The zero-order chi connectivity index (χ0) is 12.3. The Hall–Kier alpha value is -0.470. The van der Waals surface area contributed by atoms with E-state index < -0.39 is 0 Å². The number of aryl methyl sites for hydroxylation is 3. The molecule has 0 aliphatic carbocycles. The minimum Gasteiger partial charge on any atom is -0.264 e. The fourth-order valence-corrected chi connectivity index (χ4v) is 2.94. The summed E-state index contributed by atoms with van der Waals surface area (Å²) >= 11 is 7.66. The minimum atomic E-state index is 0.242. The Kier molecular flexibility index (Phi) is 4.88. The van der Waals surface area contributed by atoms with Crippen molar-refractivity contribution in [1.29, 1.82) is 0 Å². The van der Waals surface area contributed by atoms with Gasteiger partial charge < -0.3 is 0 Å². The Morgan fingerprint density at radius 2 is 1.69 bits per heavy atom. The smallest absolute Gasteiger partial charge is 0.163 e. The zero-order valence-electron chi connectivity index (χ0n) is 10.5. The molecule has 0 bridgehead atoms. The summed E-state index contributed by atoms with van der Waals surface area (Å²) in [5.74, 6) is 0. The number of hydrogen-bond acceptors (Lipinski definition) is 2. The van der Waals surface area contributed by atoms with Crippen LogP contribution in [0.25, 0.3) is 0 Å². The number of benzene rings is 1. The van der Waals surface area contributed by atoms with Crippen molar-refractivity contribution in [3.8, 4) is 0 Å².